The molecule has 2 heterocycles. The number of anilines is 2. The van der Waals surface area contributed by atoms with Crippen molar-refractivity contribution in [2.45, 2.75) is 32.6 Å². The van der Waals surface area contributed by atoms with Crippen molar-refractivity contribution in [2.75, 3.05) is 28.5 Å². The number of nitrogens with one attached hydrogen (secondary N) is 1. The molecule has 0 aromatic carbocycles. The highest BCUT2D eigenvalue weighted by Crippen LogP contribution is 2.20. The predicted molar refractivity (Wildman–Crippen MR) is 78.0 cm³/mol. The molecule has 0 spiro atoms. The van der Waals surface area contributed by atoms with Gasteiger partial charge in [-0.2, -0.15) is 0 Å². The van der Waals surface area contributed by atoms with Gasteiger partial charge in [0, 0.05) is 13.1 Å². The van der Waals surface area contributed by atoms with Crippen LogP contribution in [0.5, 0.6) is 0 Å². The first-order valence-corrected chi connectivity index (χ1v) is 8.47. The Morgan fingerprint density at radius 2 is 1.89 bits per heavy atom. The summed E-state index contributed by atoms with van der Waals surface area (Å²) >= 11 is 0. The lowest BCUT2D eigenvalue weighted by Crippen LogP contribution is -2.24. The molecule has 2 rings (SSSR count). The molecule has 1 aromatic rings. The molecule has 1 N–H and O–H groups in total. The summed E-state index contributed by atoms with van der Waals surface area (Å²) in [7, 11) is -3.24. The molecule has 1 aliphatic heterocycles. The minimum Gasteiger partial charge on any atom is -0.370 e. The Morgan fingerprint density at radius 3 is 2.42 bits per heavy atom. The quantitative estimate of drug-likeness (QED) is 0.920. The second kappa shape index (κ2) is 6.23. The van der Waals surface area contributed by atoms with E-state index >= 15 is 0 Å². The summed E-state index contributed by atoms with van der Waals surface area (Å²) in [5.74, 6) is 0.447. The third-order valence-corrected chi connectivity index (χ3v) is 4.64. The summed E-state index contributed by atoms with van der Waals surface area (Å²) in [4.78, 5) is 6.50. The summed E-state index contributed by atoms with van der Waals surface area (Å²) in [6.45, 7) is 3.72. The van der Waals surface area contributed by atoms with Gasteiger partial charge in [-0.05, 0) is 31.9 Å². The molecule has 0 unspecified atom stereocenters. The molecule has 19 heavy (non-hydrogen) atoms. The normalized spacial score (nSPS) is 17.0. The van der Waals surface area contributed by atoms with Crippen molar-refractivity contribution < 1.29 is 8.42 Å². The number of aromatic nitrogens is 1. The number of hydrogen-bond donors (Lipinski definition) is 1. The second-order valence-electron chi connectivity index (χ2n) is 4.81. The molecule has 106 valence electrons. The number of sulfonamides is 1. The Morgan fingerprint density at radius 1 is 1.21 bits per heavy atom. The lowest BCUT2D eigenvalue weighted by atomic mass is 10.2. The summed E-state index contributed by atoms with van der Waals surface area (Å²) in [6, 6.07) is 3.67. The number of hydrogen-bond acceptors (Lipinski definition) is 4. The molecule has 0 atom stereocenters. The van der Waals surface area contributed by atoms with Crippen LogP contribution in [-0.4, -0.2) is 32.2 Å². The van der Waals surface area contributed by atoms with E-state index < -0.39 is 10.0 Å². The van der Waals surface area contributed by atoms with Gasteiger partial charge in [-0.15, -0.1) is 0 Å². The Kier molecular flexibility index (Phi) is 4.63. The van der Waals surface area contributed by atoms with E-state index in [-0.39, 0.29) is 5.75 Å². The van der Waals surface area contributed by atoms with Gasteiger partial charge in [0.2, 0.25) is 10.0 Å². The monoisotopic (exact) mass is 283 g/mol. The van der Waals surface area contributed by atoms with Gasteiger partial charge in [-0.1, -0.05) is 12.8 Å². The molecule has 1 aliphatic rings. The van der Waals surface area contributed by atoms with Crippen LogP contribution in [-0.2, 0) is 10.0 Å². The van der Waals surface area contributed by atoms with E-state index in [9.17, 15) is 8.42 Å². The van der Waals surface area contributed by atoms with Crippen LogP contribution in [0.4, 0.5) is 11.5 Å². The van der Waals surface area contributed by atoms with Crippen LogP contribution < -0.4 is 9.62 Å². The van der Waals surface area contributed by atoms with Gasteiger partial charge < -0.3 is 4.90 Å². The maximum atomic E-state index is 11.4. The topological polar surface area (TPSA) is 62.3 Å². The lowest BCUT2D eigenvalue weighted by Gasteiger charge is -2.22. The molecule has 6 heteroatoms. The van der Waals surface area contributed by atoms with Gasteiger partial charge in [0.15, 0.2) is 0 Å². The maximum Gasteiger partial charge on any atom is 0.233 e. The van der Waals surface area contributed by atoms with Crippen molar-refractivity contribution in [3.63, 3.8) is 0 Å². The zero-order chi connectivity index (χ0) is 13.7. The van der Waals surface area contributed by atoms with Gasteiger partial charge in [0.1, 0.15) is 5.82 Å². The largest absolute Gasteiger partial charge is 0.370 e. The third kappa shape index (κ3) is 4.09. The number of rotatable bonds is 4. The first kappa shape index (κ1) is 14.1. The van der Waals surface area contributed by atoms with Crippen molar-refractivity contribution in [1.29, 1.82) is 0 Å². The van der Waals surface area contributed by atoms with E-state index in [4.69, 9.17) is 0 Å². The van der Waals surface area contributed by atoms with E-state index in [1.165, 1.54) is 25.7 Å². The van der Waals surface area contributed by atoms with Crippen LogP contribution in [0.15, 0.2) is 18.3 Å². The zero-order valence-corrected chi connectivity index (χ0v) is 12.1. The van der Waals surface area contributed by atoms with Crippen LogP contribution in [0.3, 0.4) is 0 Å². The fourth-order valence-corrected chi connectivity index (χ4v) is 2.78. The molecular weight excluding hydrogens is 262 g/mol. The van der Waals surface area contributed by atoms with Crippen molar-refractivity contribution >= 4 is 21.5 Å². The first-order chi connectivity index (χ1) is 9.11. The average Bonchev–Trinajstić information content (AvgIpc) is 2.68. The Labute approximate surface area is 115 Å². The average molecular weight is 283 g/mol. The molecule has 0 aliphatic carbocycles. The SMILES string of the molecule is CCS(=O)(=O)Nc1ccc(N2CCCCCC2)cn1. The van der Waals surface area contributed by atoms with Gasteiger partial charge in [-0.3, -0.25) is 4.72 Å². The molecule has 0 bridgehead atoms. The van der Waals surface area contributed by atoms with Crippen LogP contribution in [0.1, 0.15) is 32.6 Å². The van der Waals surface area contributed by atoms with Gasteiger partial charge in [0.25, 0.3) is 0 Å². The van der Waals surface area contributed by atoms with Crippen LogP contribution in [0.25, 0.3) is 0 Å². The van der Waals surface area contributed by atoms with E-state index in [1.54, 1.807) is 19.2 Å². The smallest absolute Gasteiger partial charge is 0.233 e. The molecule has 1 aromatic heterocycles. The minimum atomic E-state index is -3.24. The van der Waals surface area contributed by atoms with Gasteiger partial charge in [-0.25, -0.2) is 13.4 Å². The van der Waals surface area contributed by atoms with Gasteiger partial charge >= 0.3 is 0 Å². The fraction of sp³-hybridized carbons (Fsp3) is 0.615. The second-order valence-corrected chi connectivity index (χ2v) is 6.82. The van der Waals surface area contributed by atoms with E-state index in [1.807, 2.05) is 6.07 Å². The molecular formula is C13H21N3O2S. The minimum absolute atomic E-state index is 0.0581. The maximum absolute atomic E-state index is 11.4. The Balaban J connectivity index is 2.05. The summed E-state index contributed by atoms with van der Waals surface area (Å²) in [5, 5.41) is 0. The summed E-state index contributed by atoms with van der Waals surface area (Å²) in [5.41, 5.74) is 1.07. The molecule has 5 nitrogen and oxygen atoms in total. The predicted octanol–water partition coefficient (Wildman–Crippen LogP) is 2.22. The molecule has 0 radical (unpaired) electrons. The number of nitrogens with zero attached hydrogens (tertiary/aromatic N) is 2. The van der Waals surface area contributed by atoms with Gasteiger partial charge in [0.05, 0.1) is 17.6 Å². The first-order valence-electron chi connectivity index (χ1n) is 6.82. The van der Waals surface area contributed by atoms with Crippen LogP contribution in [0.2, 0.25) is 0 Å². The highest BCUT2D eigenvalue weighted by molar-refractivity contribution is 7.92. The van der Waals surface area contributed by atoms with E-state index in [2.05, 4.69) is 14.6 Å². The molecule has 1 saturated heterocycles. The standard InChI is InChI=1S/C13H21N3O2S/c1-2-19(17,18)15-13-8-7-12(11-14-13)16-9-5-3-4-6-10-16/h7-8,11H,2-6,9-10H2,1H3,(H,14,15). The molecule has 1 fully saturated rings. The van der Waals surface area contributed by atoms with Crippen molar-refractivity contribution in [3.05, 3.63) is 18.3 Å². The van der Waals surface area contributed by atoms with Crippen molar-refractivity contribution in [3.8, 4) is 0 Å². The van der Waals surface area contributed by atoms with E-state index in [0.29, 0.717) is 5.82 Å². The third-order valence-electron chi connectivity index (χ3n) is 3.36. The Bertz CT molecular complexity index is 491. The Hall–Kier alpha value is -1.30. The highest BCUT2D eigenvalue weighted by atomic mass is 32.2. The van der Waals surface area contributed by atoms with Crippen molar-refractivity contribution in [2.24, 2.45) is 0 Å². The van der Waals surface area contributed by atoms with Crippen LogP contribution in [0, 0.1) is 0 Å². The van der Waals surface area contributed by atoms with Crippen LogP contribution >= 0.6 is 0 Å². The zero-order valence-electron chi connectivity index (χ0n) is 11.3. The van der Waals surface area contributed by atoms with Crippen molar-refractivity contribution in [1.82, 2.24) is 4.98 Å². The molecule has 0 saturated carbocycles. The summed E-state index contributed by atoms with van der Waals surface area (Å²) in [6.07, 6.45) is 6.75. The molecule has 0 amide bonds. The lowest BCUT2D eigenvalue weighted by molar-refractivity contribution is 0.602. The number of pyridine rings is 1. The summed E-state index contributed by atoms with van der Waals surface area (Å²) < 4.78 is 25.3. The van der Waals surface area contributed by atoms with E-state index in [0.717, 1.165) is 18.8 Å². The fourth-order valence-electron chi connectivity index (χ4n) is 2.19. The highest BCUT2D eigenvalue weighted by Gasteiger charge is 2.11.